The Morgan fingerprint density at radius 2 is 1.86 bits per heavy atom. The SMILES string of the molecule is Cc1cc(C(=O)NC(C)(C)CCC(=O)O)nc(C(F)(F)F)n1. The minimum absolute atomic E-state index is 0.0100. The summed E-state index contributed by atoms with van der Waals surface area (Å²) in [7, 11) is 0. The number of carboxylic acids is 1. The molecule has 0 unspecified atom stereocenters. The fraction of sp³-hybridized carbons (Fsp3) is 0.538. The van der Waals surface area contributed by atoms with Gasteiger partial charge in [0.1, 0.15) is 5.69 Å². The number of aryl methyl sites for hydroxylation is 1. The molecular formula is C13H16F3N3O3. The van der Waals surface area contributed by atoms with Gasteiger partial charge in [0.15, 0.2) is 0 Å². The van der Waals surface area contributed by atoms with Crippen LogP contribution in [0.4, 0.5) is 13.2 Å². The highest BCUT2D eigenvalue weighted by Gasteiger charge is 2.36. The Labute approximate surface area is 124 Å². The van der Waals surface area contributed by atoms with Crippen LogP contribution >= 0.6 is 0 Å². The maximum Gasteiger partial charge on any atom is 0.451 e. The highest BCUT2D eigenvalue weighted by atomic mass is 19.4. The number of aromatic nitrogens is 2. The van der Waals surface area contributed by atoms with E-state index in [1.807, 2.05) is 0 Å². The second-order valence-corrected chi connectivity index (χ2v) is 5.45. The summed E-state index contributed by atoms with van der Waals surface area (Å²) < 4.78 is 37.9. The fourth-order valence-corrected chi connectivity index (χ4v) is 1.66. The van der Waals surface area contributed by atoms with Gasteiger partial charge >= 0.3 is 12.1 Å². The standard InChI is InChI=1S/C13H16F3N3O3/c1-7-6-8(18-11(17-7)13(14,15)16)10(22)19-12(2,3)5-4-9(20)21/h6H,4-5H2,1-3H3,(H,19,22)(H,20,21). The Kier molecular flexibility index (Phi) is 5.10. The van der Waals surface area contributed by atoms with E-state index in [1.165, 1.54) is 6.92 Å². The number of alkyl halides is 3. The molecule has 9 heteroatoms. The topological polar surface area (TPSA) is 92.2 Å². The summed E-state index contributed by atoms with van der Waals surface area (Å²) in [5, 5.41) is 11.1. The number of carboxylic acid groups (broad SMARTS) is 1. The van der Waals surface area contributed by atoms with Crippen molar-refractivity contribution in [3.63, 3.8) is 0 Å². The average Bonchev–Trinajstić information content (AvgIpc) is 2.34. The molecule has 2 N–H and O–H groups in total. The number of nitrogens with zero attached hydrogens (tertiary/aromatic N) is 2. The van der Waals surface area contributed by atoms with Crippen LogP contribution in [0, 0.1) is 6.92 Å². The van der Waals surface area contributed by atoms with Crippen LogP contribution in [0.3, 0.4) is 0 Å². The zero-order valence-electron chi connectivity index (χ0n) is 12.3. The zero-order valence-corrected chi connectivity index (χ0v) is 12.3. The third kappa shape index (κ3) is 5.30. The van der Waals surface area contributed by atoms with Crippen molar-refractivity contribution in [2.75, 3.05) is 0 Å². The summed E-state index contributed by atoms with van der Waals surface area (Å²) >= 11 is 0. The molecule has 0 saturated heterocycles. The molecule has 122 valence electrons. The van der Waals surface area contributed by atoms with Crippen molar-refractivity contribution < 1.29 is 27.9 Å². The highest BCUT2D eigenvalue weighted by Crippen LogP contribution is 2.26. The molecule has 0 aliphatic rings. The van der Waals surface area contributed by atoms with Gasteiger partial charge in [-0.2, -0.15) is 13.2 Å². The summed E-state index contributed by atoms with van der Waals surface area (Å²) in [6.07, 6.45) is -4.80. The third-order valence-corrected chi connectivity index (χ3v) is 2.76. The first-order chi connectivity index (χ1) is 9.90. The van der Waals surface area contributed by atoms with Crippen molar-refractivity contribution in [1.82, 2.24) is 15.3 Å². The summed E-state index contributed by atoms with van der Waals surface area (Å²) in [6, 6.07) is 1.14. The second kappa shape index (κ2) is 6.29. The molecule has 0 radical (unpaired) electrons. The van der Waals surface area contributed by atoms with Crippen molar-refractivity contribution in [2.24, 2.45) is 0 Å². The van der Waals surface area contributed by atoms with E-state index in [2.05, 4.69) is 15.3 Å². The van der Waals surface area contributed by atoms with Crippen molar-refractivity contribution >= 4 is 11.9 Å². The highest BCUT2D eigenvalue weighted by molar-refractivity contribution is 5.92. The van der Waals surface area contributed by atoms with Gasteiger partial charge in [-0.1, -0.05) is 0 Å². The van der Waals surface area contributed by atoms with E-state index >= 15 is 0 Å². The predicted molar refractivity (Wildman–Crippen MR) is 70.2 cm³/mol. The van der Waals surface area contributed by atoms with Gasteiger partial charge in [-0.3, -0.25) is 9.59 Å². The lowest BCUT2D eigenvalue weighted by Crippen LogP contribution is -2.44. The predicted octanol–water partition coefficient (Wildman–Crippen LogP) is 2.18. The van der Waals surface area contributed by atoms with Crippen LogP contribution in [0.2, 0.25) is 0 Å². The van der Waals surface area contributed by atoms with Crippen molar-refractivity contribution in [3.8, 4) is 0 Å². The molecule has 1 amide bonds. The molecule has 6 nitrogen and oxygen atoms in total. The maximum atomic E-state index is 12.6. The van der Waals surface area contributed by atoms with Crippen LogP contribution in [0.15, 0.2) is 6.07 Å². The molecule has 0 spiro atoms. The van der Waals surface area contributed by atoms with Crippen LogP contribution in [0.1, 0.15) is 48.7 Å². The molecule has 0 atom stereocenters. The number of carbonyl (C=O) groups excluding carboxylic acids is 1. The third-order valence-electron chi connectivity index (χ3n) is 2.76. The fourth-order valence-electron chi connectivity index (χ4n) is 1.66. The molecule has 0 aliphatic carbocycles. The first-order valence-corrected chi connectivity index (χ1v) is 6.38. The summed E-state index contributed by atoms with van der Waals surface area (Å²) in [5.41, 5.74) is -1.30. The number of aliphatic carboxylic acids is 1. The van der Waals surface area contributed by atoms with Crippen molar-refractivity contribution in [3.05, 3.63) is 23.3 Å². The van der Waals surface area contributed by atoms with Crippen LogP contribution in [-0.2, 0) is 11.0 Å². The molecule has 0 saturated carbocycles. The minimum atomic E-state index is -4.75. The van der Waals surface area contributed by atoms with E-state index in [-0.39, 0.29) is 18.5 Å². The van der Waals surface area contributed by atoms with E-state index in [4.69, 9.17) is 5.11 Å². The quantitative estimate of drug-likeness (QED) is 0.868. The van der Waals surface area contributed by atoms with E-state index in [9.17, 15) is 22.8 Å². The van der Waals surface area contributed by atoms with Crippen LogP contribution in [0.25, 0.3) is 0 Å². The monoisotopic (exact) mass is 319 g/mol. The van der Waals surface area contributed by atoms with E-state index < -0.39 is 35.1 Å². The molecule has 1 aromatic heterocycles. The number of carbonyl (C=O) groups is 2. The molecule has 1 rings (SSSR count). The Bertz CT molecular complexity index is 586. The van der Waals surface area contributed by atoms with Gasteiger partial charge < -0.3 is 10.4 Å². The summed E-state index contributed by atoms with van der Waals surface area (Å²) in [4.78, 5) is 29.0. The molecule has 0 aliphatic heterocycles. The first kappa shape index (κ1) is 17.9. The number of hydrogen-bond donors (Lipinski definition) is 2. The normalized spacial score (nSPS) is 12.1. The van der Waals surface area contributed by atoms with Gasteiger partial charge in [0.05, 0.1) is 0 Å². The Balaban J connectivity index is 2.94. The Hall–Kier alpha value is -2.19. The van der Waals surface area contributed by atoms with E-state index in [0.717, 1.165) is 6.07 Å². The molecule has 22 heavy (non-hydrogen) atoms. The van der Waals surface area contributed by atoms with Gasteiger partial charge in [-0.25, -0.2) is 9.97 Å². The molecule has 0 fully saturated rings. The number of rotatable bonds is 5. The Morgan fingerprint density at radius 3 is 2.36 bits per heavy atom. The van der Waals surface area contributed by atoms with Crippen LogP contribution < -0.4 is 5.32 Å². The number of halogens is 3. The lowest BCUT2D eigenvalue weighted by molar-refractivity contribution is -0.145. The van der Waals surface area contributed by atoms with Crippen LogP contribution in [-0.4, -0.2) is 32.5 Å². The second-order valence-electron chi connectivity index (χ2n) is 5.45. The van der Waals surface area contributed by atoms with Gasteiger partial charge in [0.25, 0.3) is 5.91 Å². The van der Waals surface area contributed by atoms with Crippen LogP contribution in [0.5, 0.6) is 0 Å². The molecule has 0 bridgehead atoms. The summed E-state index contributed by atoms with van der Waals surface area (Å²) in [5.74, 6) is -3.23. The number of amides is 1. The van der Waals surface area contributed by atoms with Crippen molar-refractivity contribution in [2.45, 2.75) is 45.3 Å². The van der Waals surface area contributed by atoms with Crippen molar-refractivity contribution in [1.29, 1.82) is 0 Å². The molecule has 0 aromatic carbocycles. The maximum absolute atomic E-state index is 12.6. The van der Waals surface area contributed by atoms with Gasteiger partial charge in [0, 0.05) is 17.7 Å². The largest absolute Gasteiger partial charge is 0.481 e. The number of hydrogen-bond acceptors (Lipinski definition) is 4. The van der Waals surface area contributed by atoms with E-state index in [0.29, 0.717) is 0 Å². The molecular weight excluding hydrogens is 303 g/mol. The van der Waals surface area contributed by atoms with Gasteiger partial charge in [-0.05, 0) is 33.3 Å². The zero-order chi connectivity index (χ0) is 17.1. The molecule has 1 heterocycles. The van der Waals surface area contributed by atoms with E-state index in [1.54, 1.807) is 13.8 Å². The summed E-state index contributed by atoms with van der Waals surface area (Å²) in [6.45, 7) is 4.47. The van der Waals surface area contributed by atoms with Gasteiger partial charge in [0.2, 0.25) is 5.82 Å². The lowest BCUT2D eigenvalue weighted by Gasteiger charge is -2.25. The van der Waals surface area contributed by atoms with Gasteiger partial charge in [-0.15, -0.1) is 0 Å². The smallest absolute Gasteiger partial charge is 0.451 e. The minimum Gasteiger partial charge on any atom is -0.481 e. The first-order valence-electron chi connectivity index (χ1n) is 6.38. The Morgan fingerprint density at radius 1 is 1.27 bits per heavy atom. The number of nitrogens with one attached hydrogen (secondary N) is 1. The molecule has 1 aromatic rings. The average molecular weight is 319 g/mol. The lowest BCUT2D eigenvalue weighted by atomic mass is 9.98.